The highest BCUT2D eigenvalue weighted by Gasteiger charge is 2.37. The molecular weight excluding hydrogens is 466 g/mol. The normalized spacial score (nSPS) is 11.8. The Morgan fingerprint density at radius 1 is 0.969 bits per heavy atom. The third kappa shape index (κ3) is 6.44. The minimum absolute atomic E-state index is 0. The first-order valence-electron chi connectivity index (χ1n) is 8.37. The van der Waals surface area contributed by atoms with Crippen molar-refractivity contribution in [2.24, 2.45) is 0 Å². The number of hydrogen-bond acceptors (Lipinski definition) is 5. The number of aromatic nitrogens is 4. The first-order valence-corrected chi connectivity index (χ1v) is 8.37. The third-order valence-electron chi connectivity index (χ3n) is 3.74. The first-order chi connectivity index (χ1) is 14.5. The maximum Gasteiger partial charge on any atom is 0.416 e. The van der Waals surface area contributed by atoms with Crippen LogP contribution in [0.3, 0.4) is 0 Å². The number of halogens is 7. The predicted octanol–water partition coefficient (Wildman–Crippen LogP) is 4.41. The molecule has 2 aromatic heterocycles. The fraction of sp³-hybridized carbons (Fsp3) is 0.111. The van der Waals surface area contributed by atoms with Gasteiger partial charge in [0.25, 0.3) is 5.91 Å². The Bertz CT molecular complexity index is 1070. The lowest BCUT2D eigenvalue weighted by Crippen LogP contribution is -2.27. The molecule has 3 aromatic rings. The molecule has 0 aliphatic rings. The van der Waals surface area contributed by atoms with E-state index in [4.69, 9.17) is 0 Å². The number of amides is 1. The van der Waals surface area contributed by atoms with Crippen molar-refractivity contribution in [3.05, 3.63) is 66.3 Å². The summed E-state index contributed by atoms with van der Waals surface area (Å²) >= 11 is 0. The molecule has 0 aliphatic heterocycles. The zero-order valence-electron chi connectivity index (χ0n) is 15.6. The van der Waals surface area contributed by atoms with E-state index in [9.17, 15) is 31.1 Å². The molecule has 3 rings (SSSR count). The molecule has 0 bridgehead atoms. The Labute approximate surface area is 182 Å². The van der Waals surface area contributed by atoms with Crippen molar-refractivity contribution in [1.82, 2.24) is 25.2 Å². The second-order valence-electron chi connectivity index (χ2n) is 6.01. The van der Waals surface area contributed by atoms with Crippen LogP contribution in [0.1, 0.15) is 11.1 Å². The second-order valence-corrected chi connectivity index (χ2v) is 6.01. The average molecular weight is 479 g/mol. The second kappa shape index (κ2) is 9.68. The van der Waals surface area contributed by atoms with Crippen molar-refractivity contribution in [2.75, 3.05) is 5.43 Å². The predicted molar refractivity (Wildman–Crippen MR) is 104 cm³/mol. The summed E-state index contributed by atoms with van der Waals surface area (Å²) in [6.07, 6.45) is -3.80. The van der Waals surface area contributed by atoms with E-state index in [1.807, 2.05) is 0 Å². The number of rotatable bonds is 5. The topological polar surface area (TPSA) is 84.7 Å². The van der Waals surface area contributed by atoms with Gasteiger partial charge in [-0.3, -0.25) is 20.6 Å². The Morgan fingerprint density at radius 3 is 2.12 bits per heavy atom. The average Bonchev–Trinajstić information content (AvgIpc) is 3.19. The molecule has 2 heterocycles. The van der Waals surface area contributed by atoms with Gasteiger partial charge >= 0.3 is 12.4 Å². The molecule has 0 spiro atoms. The fourth-order valence-electron chi connectivity index (χ4n) is 2.32. The number of carbonyl (C=O) groups is 1. The molecule has 0 aliphatic carbocycles. The van der Waals surface area contributed by atoms with E-state index in [2.05, 4.69) is 25.9 Å². The van der Waals surface area contributed by atoms with Gasteiger partial charge in [0.1, 0.15) is 6.33 Å². The van der Waals surface area contributed by atoms with E-state index in [0.717, 1.165) is 23.3 Å². The summed E-state index contributed by atoms with van der Waals surface area (Å²) in [6.45, 7) is 0. The van der Waals surface area contributed by atoms with Crippen LogP contribution in [0.25, 0.3) is 17.6 Å². The van der Waals surface area contributed by atoms with Gasteiger partial charge in [0.05, 0.1) is 16.8 Å². The van der Waals surface area contributed by atoms with Crippen LogP contribution in [-0.4, -0.2) is 25.7 Å². The lowest BCUT2D eigenvalue weighted by molar-refractivity contribution is -0.143. The molecule has 14 heteroatoms. The lowest BCUT2D eigenvalue weighted by Gasteiger charge is -2.13. The zero-order valence-corrected chi connectivity index (χ0v) is 16.5. The van der Waals surface area contributed by atoms with Crippen LogP contribution in [-0.2, 0) is 17.1 Å². The number of anilines is 1. The Morgan fingerprint density at radius 2 is 1.56 bits per heavy atom. The van der Waals surface area contributed by atoms with E-state index in [0.29, 0.717) is 17.8 Å². The van der Waals surface area contributed by atoms with E-state index in [1.54, 1.807) is 12.1 Å². The van der Waals surface area contributed by atoms with Gasteiger partial charge in [-0.25, -0.2) is 9.67 Å². The van der Waals surface area contributed by atoms with Crippen LogP contribution >= 0.6 is 12.4 Å². The number of benzene rings is 1. The molecule has 0 saturated heterocycles. The van der Waals surface area contributed by atoms with Crippen LogP contribution in [0.2, 0.25) is 0 Å². The molecule has 7 nitrogen and oxygen atoms in total. The van der Waals surface area contributed by atoms with E-state index in [1.165, 1.54) is 12.4 Å². The lowest BCUT2D eigenvalue weighted by atomic mass is 10.0. The van der Waals surface area contributed by atoms with Gasteiger partial charge < -0.3 is 0 Å². The molecular formula is C18H13ClF6N6O. The van der Waals surface area contributed by atoms with Crippen molar-refractivity contribution < 1.29 is 31.1 Å². The maximum absolute atomic E-state index is 13.0. The van der Waals surface area contributed by atoms with E-state index in [-0.39, 0.29) is 24.3 Å². The smallest absolute Gasteiger partial charge is 0.298 e. The van der Waals surface area contributed by atoms with Crippen molar-refractivity contribution in [1.29, 1.82) is 0 Å². The number of carbonyl (C=O) groups excluding carboxylic acids is 1. The summed E-state index contributed by atoms with van der Waals surface area (Å²) in [6, 6.07) is 4.24. The van der Waals surface area contributed by atoms with Gasteiger partial charge in [-0.15, -0.1) is 17.5 Å². The molecule has 1 amide bonds. The summed E-state index contributed by atoms with van der Waals surface area (Å²) in [5.41, 5.74) is 2.07. The van der Waals surface area contributed by atoms with Crippen molar-refractivity contribution >= 4 is 30.2 Å². The molecule has 32 heavy (non-hydrogen) atoms. The quantitative estimate of drug-likeness (QED) is 0.322. The highest BCUT2D eigenvalue weighted by molar-refractivity contribution is 5.90. The van der Waals surface area contributed by atoms with Gasteiger partial charge in [-0.1, -0.05) is 0 Å². The Kier molecular flexibility index (Phi) is 7.46. The van der Waals surface area contributed by atoms with Crippen LogP contribution < -0.4 is 10.9 Å². The summed E-state index contributed by atoms with van der Waals surface area (Å²) in [5.74, 6) is -0.983. The summed E-state index contributed by atoms with van der Waals surface area (Å²) < 4.78 is 78.9. The SMILES string of the molecule is Cl.O=C(C=Cn1cnc(-c2cc(C(F)(F)F)cc(C(F)(F)F)c2)n1)NNc1ccncc1. The molecule has 2 N–H and O–H groups in total. The number of hydrazine groups is 1. The zero-order chi connectivity index (χ0) is 22.6. The van der Waals surface area contributed by atoms with Crippen LogP contribution in [0, 0.1) is 0 Å². The molecule has 0 unspecified atom stereocenters. The highest BCUT2D eigenvalue weighted by Crippen LogP contribution is 2.38. The number of alkyl halides is 6. The van der Waals surface area contributed by atoms with Gasteiger partial charge in [0.2, 0.25) is 0 Å². The first kappa shape index (κ1) is 24.7. The maximum atomic E-state index is 13.0. The monoisotopic (exact) mass is 478 g/mol. The van der Waals surface area contributed by atoms with Crippen LogP contribution in [0.5, 0.6) is 0 Å². The summed E-state index contributed by atoms with van der Waals surface area (Å²) in [7, 11) is 0. The molecule has 0 radical (unpaired) electrons. The van der Waals surface area contributed by atoms with E-state index >= 15 is 0 Å². The van der Waals surface area contributed by atoms with Crippen molar-refractivity contribution in [3.63, 3.8) is 0 Å². The van der Waals surface area contributed by atoms with Gasteiger partial charge in [0.15, 0.2) is 5.82 Å². The van der Waals surface area contributed by atoms with Crippen LogP contribution in [0.15, 0.2) is 55.1 Å². The summed E-state index contributed by atoms with van der Waals surface area (Å²) in [4.78, 5) is 19.3. The highest BCUT2D eigenvalue weighted by atomic mass is 35.5. The van der Waals surface area contributed by atoms with E-state index < -0.39 is 35.0 Å². The fourth-order valence-corrected chi connectivity index (χ4v) is 2.32. The Balaban J connectivity index is 0.00000363. The largest absolute Gasteiger partial charge is 0.416 e. The molecule has 0 atom stereocenters. The minimum Gasteiger partial charge on any atom is -0.298 e. The standard InChI is InChI=1S/C18H12F6N6O.ClH/c19-17(20,21)12-7-11(8-13(9-12)18(22,23)24)16-26-10-30(29-16)6-3-15(31)28-27-14-1-4-25-5-2-14;/h1-10H,(H,25,27)(H,28,31);1H. The van der Waals surface area contributed by atoms with Gasteiger partial charge in [-0.2, -0.15) is 26.3 Å². The Hall–Kier alpha value is -3.61. The summed E-state index contributed by atoms with van der Waals surface area (Å²) in [5, 5.41) is 3.79. The molecule has 170 valence electrons. The minimum atomic E-state index is -4.99. The number of nitrogens with zero attached hydrogens (tertiary/aromatic N) is 4. The molecule has 1 aromatic carbocycles. The number of hydrogen-bond donors (Lipinski definition) is 2. The van der Waals surface area contributed by atoms with Crippen molar-refractivity contribution in [3.8, 4) is 11.4 Å². The van der Waals surface area contributed by atoms with Crippen molar-refractivity contribution in [2.45, 2.75) is 12.4 Å². The number of pyridine rings is 1. The van der Waals surface area contributed by atoms with Gasteiger partial charge in [-0.05, 0) is 30.3 Å². The number of nitrogens with one attached hydrogen (secondary N) is 2. The van der Waals surface area contributed by atoms with Crippen LogP contribution in [0.4, 0.5) is 32.0 Å². The van der Waals surface area contributed by atoms with Gasteiger partial charge in [0, 0.05) is 30.2 Å². The third-order valence-corrected chi connectivity index (χ3v) is 3.74. The molecule has 0 saturated carbocycles. The molecule has 0 fully saturated rings.